The predicted octanol–water partition coefficient (Wildman–Crippen LogP) is 4.15. The molecule has 0 saturated carbocycles. The molecule has 0 radical (unpaired) electrons. The largest absolute Gasteiger partial charge is 0.377 e. The van der Waals surface area contributed by atoms with E-state index in [-0.39, 0.29) is 5.91 Å². The molecule has 2 aromatic carbocycles. The summed E-state index contributed by atoms with van der Waals surface area (Å²) in [6.07, 6.45) is 0. The second-order valence-corrected chi connectivity index (χ2v) is 6.89. The summed E-state index contributed by atoms with van der Waals surface area (Å²) >= 11 is 1.29. The second kappa shape index (κ2) is 7.61. The van der Waals surface area contributed by atoms with Crippen LogP contribution in [-0.2, 0) is 11.3 Å². The van der Waals surface area contributed by atoms with Crippen molar-refractivity contribution >= 4 is 33.3 Å². The summed E-state index contributed by atoms with van der Waals surface area (Å²) in [5, 5.41) is 12.8. The Kier molecular flexibility index (Phi) is 4.86. The molecule has 0 aliphatic carbocycles. The minimum Gasteiger partial charge on any atom is -0.377 e. The quantitative estimate of drug-likeness (QED) is 0.566. The van der Waals surface area contributed by atoms with Gasteiger partial charge in [0.1, 0.15) is 11.6 Å². The van der Waals surface area contributed by atoms with Crippen molar-refractivity contribution in [2.45, 2.75) is 6.61 Å². The number of para-hydroxylation sites is 1. The fraction of sp³-hybridized carbons (Fsp3) is 0.100. The molecule has 1 N–H and O–H groups in total. The van der Waals surface area contributed by atoms with E-state index in [1.807, 2.05) is 60.7 Å². The molecule has 0 saturated heterocycles. The normalized spacial score (nSPS) is 10.9. The highest BCUT2D eigenvalue weighted by molar-refractivity contribution is 7.15. The van der Waals surface area contributed by atoms with Gasteiger partial charge in [0.05, 0.1) is 16.8 Å². The van der Waals surface area contributed by atoms with Gasteiger partial charge in [-0.1, -0.05) is 59.9 Å². The van der Waals surface area contributed by atoms with Crippen molar-refractivity contribution in [2.24, 2.45) is 0 Å². The van der Waals surface area contributed by atoms with E-state index in [2.05, 4.69) is 15.5 Å². The van der Waals surface area contributed by atoms with E-state index in [1.165, 1.54) is 11.3 Å². The average Bonchev–Trinajstić information content (AvgIpc) is 3.15. The average molecular weight is 376 g/mol. The maximum atomic E-state index is 12.9. The minimum absolute atomic E-state index is 0.245. The van der Waals surface area contributed by atoms with E-state index in [9.17, 15) is 4.79 Å². The standard InChI is InChI=1S/C20H16N4O2S/c1-26-12-18-23-24-20(27-18)22-19(25)15-11-17(13-7-3-2-4-8-13)21-16-10-6-5-9-14(15)16/h2-11H,12H2,1H3,(H,22,24,25). The molecular weight excluding hydrogens is 360 g/mol. The molecule has 0 fully saturated rings. The Labute approximate surface area is 159 Å². The van der Waals surface area contributed by atoms with Gasteiger partial charge in [0, 0.05) is 18.1 Å². The van der Waals surface area contributed by atoms with Crippen LogP contribution in [0.2, 0.25) is 0 Å². The fourth-order valence-electron chi connectivity index (χ4n) is 2.77. The van der Waals surface area contributed by atoms with Gasteiger partial charge in [0.15, 0.2) is 0 Å². The summed E-state index contributed by atoms with van der Waals surface area (Å²) in [4.78, 5) is 17.6. The van der Waals surface area contributed by atoms with E-state index >= 15 is 0 Å². The number of hydrogen-bond donors (Lipinski definition) is 1. The van der Waals surface area contributed by atoms with Gasteiger partial charge in [-0.3, -0.25) is 10.1 Å². The van der Waals surface area contributed by atoms with Gasteiger partial charge in [-0.15, -0.1) is 10.2 Å². The predicted molar refractivity (Wildman–Crippen MR) is 106 cm³/mol. The molecule has 4 aromatic rings. The first kappa shape index (κ1) is 17.3. The summed E-state index contributed by atoms with van der Waals surface area (Å²) < 4.78 is 5.04. The topological polar surface area (TPSA) is 77.0 Å². The zero-order chi connectivity index (χ0) is 18.6. The first-order chi connectivity index (χ1) is 13.2. The Morgan fingerprint density at radius 2 is 1.85 bits per heavy atom. The third kappa shape index (κ3) is 3.69. The highest BCUT2D eigenvalue weighted by Crippen LogP contribution is 2.26. The van der Waals surface area contributed by atoms with E-state index in [4.69, 9.17) is 9.72 Å². The summed E-state index contributed by atoms with van der Waals surface area (Å²) in [7, 11) is 1.59. The summed E-state index contributed by atoms with van der Waals surface area (Å²) in [6.45, 7) is 0.365. The van der Waals surface area contributed by atoms with Crippen molar-refractivity contribution in [2.75, 3.05) is 12.4 Å². The van der Waals surface area contributed by atoms with Crippen LogP contribution >= 0.6 is 11.3 Å². The van der Waals surface area contributed by atoms with Gasteiger partial charge in [-0.05, 0) is 12.1 Å². The van der Waals surface area contributed by atoms with Crippen LogP contribution in [0.15, 0.2) is 60.7 Å². The van der Waals surface area contributed by atoms with Crippen LogP contribution in [0.5, 0.6) is 0 Å². The molecule has 0 aliphatic heterocycles. The minimum atomic E-state index is -0.245. The van der Waals surface area contributed by atoms with Crippen molar-refractivity contribution in [1.29, 1.82) is 0 Å². The Morgan fingerprint density at radius 3 is 2.67 bits per heavy atom. The zero-order valence-corrected chi connectivity index (χ0v) is 15.4. The molecule has 0 bridgehead atoms. The van der Waals surface area contributed by atoms with E-state index in [1.54, 1.807) is 7.11 Å². The van der Waals surface area contributed by atoms with Crippen LogP contribution in [-0.4, -0.2) is 28.2 Å². The maximum Gasteiger partial charge on any atom is 0.258 e. The first-order valence-corrected chi connectivity index (χ1v) is 9.14. The molecule has 4 rings (SSSR count). The molecule has 0 unspecified atom stereocenters. The number of nitrogens with one attached hydrogen (secondary N) is 1. The fourth-order valence-corrected chi connectivity index (χ4v) is 3.48. The van der Waals surface area contributed by atoms with Crippen molar-refractivity contribution in [3.63, 3.8) is 0 Å². The zero-order valence-electron chi connectivity index (χ0n) is 14.5. The Hall–Kier alpha value is -3.16. The maximum absolute atomic E-state index is 12.9. The molecule has 0 spiro atoms. The number of pyridine rings is 1. The lowest BCUT2D eigenvalue weighted by atomic mass is 10.0. The molecule has 2 heterocycles. The van der Waals surface area contributed by atoms with Crippen molar-refractivity contribution in [1.82, 2.24) is 15.2 Å². The molecule has 0 atom stereocenters. The number of rotatable bonds is 5. The van der Waals surface area contributed by atoms with Gasteiger partial charge < -0.3 is 4.74 Å². The van der Waals surface area contributed by atoms with Gasteiger partial charge in [0.25, 0.3) is 5.91 Å². The van der Waals surface area contributed by atoms with Crippen molar-refractivity contribution in [3.05, 3.63) is 71.2 Å². The number of nitrogens with zero attached hydrogens (tertiary/aromatic N) is 3. The number of anilines is 1. The van der Waals surface area contributed by atoms with Crippen LogP contribution in [0.25, 0.3) is 22.2 Å². The van der Waals surface area contributed by atoms with E-state index < -0.39 is 0 Å². The molecule has 134 valence electrons. The number of hydrogen-bond acceptors (Lipinski definition) is 6. The van der Waals surface area contributed by atoms with E-state index in [0.29, 0.717) is 22.3 Å². The molecule has 6 nitrogen and oxygen atoms in total. The number of ether oxygens (including phenoxy) is 1. The highest BCUT2D eigenvalue weighted by atomic mass is 32.1. The van der Waals surface area contributed by atoms with Crippen LogP contribution in [0.3, 0.4) is 0 Å². The monoisotopic (exact) mass is 376 g/mol. The molecule has 2 aromatic heterocycles. The second-order valence-electron chi connectivity index (χ2n) is 5.83. The van der Waals surface area contributed by atoms with Crippen LogP contribution in [0.1, 0.15) is 15.4 Å². The number of aromatic nitrogens is 3. The van der Waals surface area contributed by atoms with Crippen LogP contribution in [0.4, 0.5) is 5.13 Å². The summed E-state index contributed by atoms with van der Waals surface area (Å²) in [5.74, 6) is -0.245. The lowest BCUT2D eigenvalue weighted by Gasteiger charge is -2.09. The number of benzene rings is 2. The van der Waals surface area contributed by atoms with Crippen molar-refractivity contribution in [3.8, 4) is 11.3 Å². The molecule has 27 heavy (non-hydrogen) atoms. The van der Waals surface area contributed by atoms with Crippen LogP contribution < -0.4 is 5.32 Å². The summed E-state index contributed by atoms with van der Waals surface area (Å²) in [5.41, 5.74) is 3.01. The molecule has 7 heteroatoms. The van der Waals surface area contributed by atoms with Crippen molar-refractivity contribution < 1.29 is 9.53 Å². The number of methoxy groups -OCH3 is 1. The lowest BCUT2D eigenvalue weighted by Crippen LogP contribution is -2.13. The highest BCUT2D eigenvalue weighted by Gasteiger charge is 2.16. The van der Waals surface area contributed by atoms with Gasteiger partial charge in [-0.2, -0.15) is 0 Å². The summed E-state index contributed by atoms with van der Waals surface area (Å²) in [6, 6.07) is 19.2. The van der Waals surface area contributed by atoms with Crippen LogP contribution in [0, 0.1) is 0 Å². The van der Waals surface area contributed by atoms with Gasteiger partial charge >= 0.3 is 0 Å². The SMILES string of the molecule is COCc1nnc(NC(=O)c2cc(-c3ccccc3)nc3ccccc23)s1. The van der Waals surface area contributed by atoms with Gasteiger partial charge in [0.2, 0.25) is 5.13 Å². The Morgan fingerprint density at radius 1 is 1.07 bits per heavy atom. The number of amides is 1. The number of carbonyl (C=O) groups is 1. The smallest absolute Gasteiger partial charge is 0.258 e. The molecule has 1 amide bonds. The van der Waals surface area contributed by atoms with E-state index in [0.717, 1.165) is 22.2 Å². The van der Waals surface area contributed by atoms with Gasteiger partial charge in [-0.25, -0.2) is 4.98 Å². The number of carbonyl (C=O) groups excluding carboxylic acids is 1. The third-order valence-electron chi connectivity index (χ3n) is 3.99. The Bertz CT molecular complexity index is 1100. The molecule has 0 aliphatic rings. The number of fused-ring (bicyclic) bond motifs is 1. The Balaban J connectivity index is 1.73. The third-order valence-corrected chi connectivity index (χ3v) is 4.80. The lowest BCUT2D eigenvalue weighted by molar-refractivity contribution is 0.102. The molecular formula is C20H16N4O2S. The first-order valence-electron chi connectivity index (χ1n) is 8.32.